The molecule has 0 fully saturated rings. The Labute approximate surface area is 100 Å². The van der Waals surface area contributed by atoms with Gasteiger partial charge in [-0.1, -0.05) is 33.8 Å². The fourth-order valence-corrected chi connectivity index (χ4v) is 1.92. The van der Waals surface area contributed by atoms with E-state index in [4.69, 9.17) is 23.2 Å². The zero-order chi connectivity index (χ0) is 10.8. The van der Waals surface area contributed by atoms with Gasteiger partial charge in [0.1, 0.15) is 11.8 Å². The van der Waals surface area contributed by atoms with Gasteiger partial charge in [0.05, 0.1) is 10.0 Å². The van der Waals surface area contributed by atoms with E-state index in [9.17, 15) is 5.11 Å². The summed E-state index contributed by atoms with van der Waals surface area (Å²) in [6, 6.07) is 4.97. The molecule has 1 aromatic heterocycles. The highest BCUT2D eigenvalue weighted by Gasteiger charge is 2.14. The molecule has 0 radical (unpaired) electrons. The summed E-state index contributed by atoms with van der Waals surface area (Å²) < 4.78 is 3.68. The summed E-state index contributed by atoms with van der Waals surface area (Å²) in [5.41, 5.74) is 1.16. The SMILES string of the molecule is OC(c1ccc(Cl)c(Cl)c1)c1csnn1. The van der Waals surface area contributed by atoms with Crippen molar-refractivity contribution < 1.29 is 5.11 Å². The second-order valence-electron chi connectivity index (χ2n) is 2.91. The lowest BCUT2D eigenvalue weighted by molar-refractivity contribution is 0.215. The third-order valence-corrected chi connectivity index (χ3v) is 3.18. The number of aliphatic hydroxyl groups is 1. The molecule has 2 aromatic rings. The first kappa shape index (κ1) is 10.8. The van der Waals surface area contributed by atoms with Crippen LogP contribution in [0.2, 0.25) is 10.0 Å². The minimum Gasteiger partial charge on any atom is -0.382 e. The van der Waals surface area contributed by atoms with E-state index < -0.39 is 6.10 Å². The molecular weight excluding hydrogens is 255 g/mol. The summed E-state index contributed by atoms with van der Waals surface area (Å²) in [6.07, 6.45) is -0.807. The Morgan fingerprint density at radius 3 is 2.67 bits per heavy atom. The van der Waals surface area contributed by atoms with E-state index in [1.54, 1.807) is 23.6 Å². The number of hydrogen-bond donors (Lipinski definition) is 1. The number of halogens is 2. The highest BCUT2D eigenvalue weighted by atomic mass is 35.5. The summed E-state index contributed by atoms with van der Waals surface area (Å²) in [5.74, 6) is 0. The third kappa shape index (κ3) is 2.29. The van der Waals surface area contributed by atoms with Crippen LogP contribution in [0.4, 0.5) is 0 Å². The largest absolute Gasteiger partial charge is 0.382 e. The number of rotatable bonds is 2. The van der Waals surface area contributed by atoms with Crippen LogP contribution in [0.3, 0.4) is 0 Å². The Morgan fingerprint density at radius 1 is 1.27 bits per heavy atom. The summed E-state index contributed by atoms with van der Waals surface area (Å²) in [4.78, 5) is 0. The lowest BCUT2D eigenvalue weighted by atomic mass is 10.1. The van der Waals surface area contributed by atoms with Crippen LogP contribution in [0.15, 0.2) is 23.6 Å². The van der Waals surface area contributed by atoms with Gasteiger partial charge in [-0.15, -0.1) is 5.10 Å². The zero-order valence-corrected chi connectivity index (χ0v) is 9.72. The van der Waals surface area contributed by atoms with Crippen molar-refractivity contribution in [2.45, 2.75) is 6.10 Å². The van der Waals surface area contributed by atoms with Gasteiger partial charge in [-0.2, -0.15) is 0 Å². The number of aromatic nitrogens is 2. The maximum atomic E-state index is 9.90. The van der Waals surface area contributed by atoms with E-state index in [2.05, 4.69) is 9.59 Å². The normalized spacial score (nSPS) is 12.7. The molecule has 6 heteroatoms. The standard InChI is InChI=1S/C9H6Cl2N2OS/c10-6-2-1-5(3-7(6)11)9(14)8-4-15-13-12-8/h1-4,9,14H. The first-order valence-corrected chi connectivity index (χ1v) is 5.67. The van der Waals surface area contributed by atoms with Gasteiger partial charge in [-0.05, 0) is 29.2 Å². The predicted octanol–water partition coefficient (Wildman–Crippen LogP) is 2.93. The maximum absolute atomic E-state index is 9.90. The van der Waals surface area contributed by atoms with Crippen molar-refractivity contribution >= 4 is 34.7 Å². The quantitative estimate of drug-likeness (QED) is 0.904. The van der Waals surface area contributed by atoms with Gasteiger partial charge in [0.2, 0.25) is 0 Å². The highest BCUT2D eigenvalue weighted by molar-refractivity contribution is 7.03. The topological polar surface area (TPSA) is 46.0 Å². The van der Waals surface area contributed by atoms with E-state index in [1.165, 1.54) is 11.5 Å². The number of benzene rings is 1. The average Bonchev–Trinajstić information content (AvgIpc) is 2.74. The molecule has 0 amide bonds. The van der Waals surface area contributed by atoms with Crippen molar-refractivity contribution in [3.8, 4) is 0 Å². The molecule has 1 atom stereocenters. The van der Waals surface area contributed by atoms with Crippen LogP contribution in [-0.2, 0) is 0 Å². The lowest BCUT2D eigenvalue weighted by Gasteiger charge is -2.08. The molecule has 0 spiro atoms. The van der Waals surface area contributed by atoms with Gasteiger partial charge in [0.15, 0.2) is 0 Å². The fraction of sp³-hybridized carbons (Fsp3) is 0.111. The van der Waals surface area contributed by atoms with Crippen molar-refractivity contribution in [1.29, 1.82) is 0 Å². The van der Waals surface area contributed by atoms with E-state index in [0.29, 0.717) is 21.3 Å². The molecule has 1 aromatic carbocycles. The average molecular weight is 261 g/mol. The van der Waals surface area contributed by atoms with Crippen molar-refractivity contribution in [1.82, 2.24) is 9.59 Å². The molecule has 0 aliphatic heterocycles. The van der Waals surface area contributed by atoms with E-state index in [1.807, 2.05) is 0 Å². The fourth-order valence-electron chi connectivity index (χ4n) is 1.14. The molecule has 0 aliphatic rings. The lowest BCUT2D eigenvalue weighted by Crippen LogP contribution is -2.00. The van der Waals surface area contributed by atoms with Gasteiger partial charge in [0, 0.05) is 5.38 Å². The third-order valence-electron chi connectivity index (χ3n) is 1.92. The molecule has 0 bridgehead atoms. The van der Waals surface area contributed by atoms with Gasteiger partial charge in [-0.25, -0.2) is 0 Å². The minimum absolute atomic E-state index is 0.413. The predicted molar refractivity (Wildman–Crippen MR) is 60.4 cm³/mol. The molecule has 1 unspecified atom stereocenters. The Balaban J connectivity index is 2.34. The number of nitrogens with zero attached hydrogens (tertiary/aromatic N) is 2. The van der Waals surface area contributed by atoms with E-state index in [-0.39, 0.29) is 0 Å². The number of aliphatic hydroxyl groups excluding tert-OH is 1. The number of hydrogen-bond acceptors (Lipinski definition) is 4. The zero-order valence-electron chi connectivity index (χ0n) is 7.39. The monoisotopic (exact) mass is 260 g/mol. The van der Waals surface area contributed by atoms with Crippen LogP contribution in [-0.4, -0.2) is 14.7 Å². The first-order valence-electron chi connectivity index (χ1n) is 4.08. The van der Waals surface area contributed by atoms with Crippen LogP contribution < -0.4 is 0 Å². The van der Waals surface area contributed by atoms with Crippen LogP contribution >= 0.6 is 34.7 Å². The second kappa shape index (κ2) is 4.45. The molecule has 2 rings (SSSR count). The molecule has 15 heavy (non-hydrogen) atoms. The van der Waals surface area contributed by atoms with Gasteiger partial charge < -0.3 is 5.11 Å². The summed E-state index contributed by atoms with van der Waals surface area (Å²) >= 11 is 12.8. The Morgan fingerprint density at radius 2 is 2.07 bits per heavy atom. The van der Waals surface area contributed by atoms with Crippen LogP contribution in [0.1, 0.15) is 17.4 Å². The van der Waals surface area contributed by atoms with Gasteiger partial charge >= 0.3 is 0 Å². The second-order valence-corrected chi connectivity index (χ2v) is 4.33. The molecule has 1 heterocycles. The summed E-state index contributed by atoms with van der Waals surface area (Å²) in [6.45, 7) is 0. The molecule has 1 N–H and O–H groups in total. The molecule has 0 saturated heterocycles. The molecule has 3 nitrogen and oxygen atoms in total. The minimum atomic E-state index is -0.807. The highest BCUT2D eigenvalue weighted by Crippen LogP contribution is 2.28. The van der Waals surface area contributed by atoms with Gasteiger partial charge in [0.25, 0.3) is 0 Å². The van der Waals surface area contributed by atoms with Crippen LogP contribution in [0, 0.1) is 0 Å². The Kier molecular flexibility index (Phi) is 3.21. The van der Waals surface area contributed by atoms with E-state index in [0.717, 1.165) is 0 Å². The van der Waals surface area contributed by atoms with Crippen molar-refractivity contribution in [2.24, 2.45) is 0 Å². The Hall–Kier alpha value is -0.680. The molecular formula is C9H6Cl2N2OS. The van der Waals surface area contributed by atoms with Crippen LogP contribution in [0.5, 0.6) is 0 Å². The van der Waals surface area contributed by atoms with Crippen molar-refractivity contribution in [2.75, 3.05) is 0 Å². The van der Waals surface area contributed by atoms with Crippen LogP contribution in [0.25, 0.3) is 0 Å². The molecule has 0 aliphatic carbocycles. The summed E-state index contributed by atoms with van der Waals surface area (Å²) in [7, 11) is 0. The van der Waals surface area contributed by atoms with Gasteiger partial charge in [-0.3, -0.25) is 0 Å². The first-order chi connectivity index (χ1) is 7.18. The Bertz CT molecular complexity index is 461. The van der Waals surface area contributed by atoms with Crippen molar-refractivity contribution in [3.63, 3.8) is 0 Å². The smallest absolute Gasteiger partial charge is 0.124 e. The van der Waals surface area contributed by atoms with E-state index >= 15 is 0 Å². The maximum Gasteiger partial charge on any atom is 0.124 e. The molecule has 78 valence electrons. The molecule has 0 saturated carbocycles. The van der Waals surface area contributed by atoms with Crippen molar-refractivity contribution in [3.05, 3.63) is 44.9 Å². The summed E-state index contributed by atoms with van der Waals surface area (Å²) in [5, 5.41) is 16.2.